The molecule has 2 unspecified atom stereocenters. The highest BCUT2D eigenvalue weighted by atomic mass is 32.2. The summed E-state index contributed by atoms with van der Waals surface area (Å²) in [6.45, 7) is 0. The molecule has 0 aliphatic heterocycles. The van der Waals surface area contributed by atoms with Gasteiger partial charge in [-0.3, -0.25) is 4.79 Å². The molecule has 0 spiro atoms. The molecule has 1 saturated carbocycles. The second-order valence-electron chi connectivity index (χ2n) is 5.31. The van der Waals surface area contributed by atoms with Gasteiger partial charge in [-0.1, -0.05) is 18.6 Å². The van der Waals surface area contributed by atoms with Gasteiger partial charge in [0.15, 0.2) is 9.84 Å². The first-order chi connectivity index (χ1) is 9.38. The van der Waals surface area contributed by atoms with Gasteiger partial charge in [0, 0.05) is 12.3 Å². The van der Waals surface area contributed by atoms with Gasteiger partial charge in [-0.15, -0.1) is 0 Å². The minimum Gasteiger partial charge on any atom is -0.481 e. The van der Waals surface area contributed by atoms with Crippen LogP contribution in [0.25, 0.3) is 0 Å². The maximum atomic E-state index is 11.7. The number of hydrogen-bond donors (Lipinski definition) is 2. The lowest BCUT2D eigenvalue weighted by atomic mass is 9.85. The summed E-state index contributed by atoms with van der Waals surface area (Å²) in [4.78, 5) is 11.3. The molecular weight excluding hydrogens is 278 g/mol. The smallest absolute Gasteiger partial charge is 0.306 e. The van der Waals surface area contributed by atoms with Crippen LogP contribution in [0, 0.1) is 5.92 Å². The fraction of sp³-hybridized carbons (Fsp3) is 0.500. The van der Waals surface area contributed by atoms with Crippen LogP contribution in [0.1, 0.15) is 25.7 Å². The van der Waals surface area contributed by atoms with Gasteiger partial charge >= 0.3 is 5.97 Å². The molecule has 1 aliphatic carbocycles. The van der Waals surface area contributed by atoms with Crippen molar-refractivity contribution in [2.45, 2.75) is 36.6 Å². The third kappa shape index (κ3) is 3.50. The summed E-state index contributed by atoms with van der Waals surface area (Å²) in [6, 6.07) is 6.75. The van der Waals surface area contributed by atoms with Crippen LogP contribution < -0.4 is 5.32 Å². The second kappa shape index (κ2) is 5.83. The number of carbonyl (C=O) groups is 1. The highest BCUT2D eigenvalue weighted by Gasteiger charge is 2.27. The predicted molar refractivity (Wildman–Crippen MR) is 76.6 cm³/mol. The van der Waals surface area contributed by atoms with Gasteiger partial charge in [0.2, 0.25) is 0 Å². The van der Waals surface area contributed by atoms with E-state index in [4.69, 9.17) is 5.11 Å². The van der Waals surface area contributed by atoms with E-state index in [0.29, 0.717) is 18.5 Å². The Bertz CT molecular complexity index is 597. The highest BCUT2D eigenvalue weighted by Crippen LogP contribution is 2.29. The molecule has 1 fully saturated rings. The van der Waals surface area contributed by atoms with Crippen LogP contribution in [0.3, 0.4) is 0 Å². The van der Waals surface area contributed by atoms with Crippen LogP contribution in [0.5, 0.6) is 0 Å². The molecule has 0 saturated heterocycles. The zero-order valence-electron chi connectivity index (χ0n) is 11.4. The topological polar surface area (TPSA) is 83.5 Å². The van der Waals surface area contributed by atoms with Crippen LogP contribution in [-0.4, -0.2) is 31.8 Å². The SMILES string of the molecule is CS(=O)(=O)c1ccccc1NC1CCCC(C(=O)O)C1. The predicted octanol–water partition coefficient (Wildman–Crippen LogP) is 2.15. The van der Waals surface area contributed by atoms with Crippen molar-refractivity contribution in [3.8, 4) is 0 Å². The summed E-state index contributed by atoms with van der Waals surface area (Å²) >= 11 is 0. The van der Waals surface area contributed by atoms with Crippen LogP contribution in [0.4, 0.5) is 5.69 Å². The largest absolute Gasteiger partial charge is 0.481 e. The molecule has 1 aliphatic rings. The number of hydrogen-bond acceptors (Lipinski definition) is 4. The normalized spacial score (nSPS) is 23.2. The maximum Gasteiger partial charge on any atom is 0.306 e. The van der Waals surface area contributed by atoms with Gasteiger partial charge in [-0.25, -0.2) is 8.42 Å². The van der Waals surface area contributed by atoms with Crippen molar-refractivity contribution >= 4 is 21.5 Å². The average Bonchev–Trinajstić information content (AvgIpc) is 2.38. The van der Waals surface area contributed by atoms with Crippen molar-refractivity contribution in [1.29, 1.82) is 0 Å². The second-order valence-corrected chi connectivity index (χ2v) is 7.30. The van der Waals surface area contributed by atoms with E-state index in [1.54, 1.807) is 24.3 Å². The van der Waals surface area contributed by atoms with E-state index < -0.39 is 15.8 Å². The van der Waals surface area contributed by atoms with Crippen molar-refractivity contribution in [2.75, 3.05) is 11.6 Å². The highest BCUT2D eigenvalue weighted by molar-refractivity contribution is 7.90. The van der Waals surface area contributed by atoms with E-state index >= 15 is 0 Å². The van der Waals surface area contributed by atoms with Crippen LogP contribution >= 0.6 is 0 Å². The number of benzene rings is 1. The first kappa shape index (κ1) is 14.8. The third-order valence-corrected chi connectivity index (χ3v) is 4.82. The Labute approximate surface area is 118 Å². The minimum atomic E-state index is -3.29. The molecular formula is C14H19NO4S. The molecule has 1 aromatic rings. The molecule has 1 aromatic carbocycles. The fourth-order valence-corrected chi connectivity index (χ4v) is 3.53. The molecule has 6 heteroatoms. The van der Waals surface area contributed by atoms with Crippen molar-refractivity contribution in [3.63, 3.8) is 0 Å². The first-order valence-corrected chi connectivity index (χ1v) is 8.55. The number of rotatable bonds is 4. The summed E-state index contributed by atoms with van der Waals surface area (Å²) in [5, 5.41) is 12.3. The van der Waals surface area contributed by atoms with Gasteiger partial charge in [-0.05, 0) is 31.4 Å². The number of aliphatic carboxylic acids is 1. The van der Waals surface area contributed by atoms with E-state index in [1.165, 1.54) is 6.26 Å². The Kier molecular flexibility index (Phi) is 4.32. The Hall–Kier alpha value is -1.56. The first-order valence-electron chi connectivity index (χ1n) is 6.66. The molecule has 0 heterocycles. The van der Waals surface area contributed by atoms with Crippen LogP contribution in [0.2, 0.25) is 0 Å². The Morgan fingerprint density at radius 3 is 2.65 bits per heavy atom. The standard InChI is InChI=1S/C14H19NO4S/c1-20(18,19)13-8-3-2-7-12(13)15-11-6-4-5-10(9-11)14(16)17/h2-3,7-8,10-11,15H,4-6,9H2,1H3,(H,16,17). The molecule has 2 atom stereocenters. The number of anilines is 1. The van der Waals surface area contributed by atoms with Gasteiger partial charge in [0.05, 0.1) is 16.5 Å². The molecule has 0 amide bonds. The molecule has 110 valence electrons. The molecule has 0 bridgehead atoms. The maximum absolute atomic E-state index is 11.7. The lowest BCUT2D eigenvalue weighted by Crippen LogP contribution is -2.31. The Morgan fingerprint density at radius 1 is 1.30 bits per heavy atom. The quantitative estimate of drug-likeness (QED) is 0.889. The van der Waals surface area contributed by atoms with Crippen molar-refractivity contribution < 1.29 is 18.3 Å². The van der Waals surface area contributed by atoms with E-state index in [9.17, 15) is 13.2 Å². The lowest BCUT2D eigenvalue weighted by molar-refractivity contribution is -0.142. The molecule has 0 radical (unpaired) electrons. The molecule has 0 aromatic heterocycles. The number of sulfone groups is 1. The van der Waals surface area contributed by atoms with E-state index in [2.05, 4.69) is 5.32 Å². The van der Waals surface area contributed by atoms with Crippen LogP contribution in [0.15, 0.2) is 29.2 Å². The zero-order chi connectivity index (χ0) is 14.8. The molecule has 2 rings (SSSR count). The summed E-state index contributed by atoms with van der Waals surface area (Å²) in [6.07, 6.45) is 4.11. The van der Waals surface area contributed by atoms with Gasteiger partial charge in [0.25, 0.3) is 0 Å². The Balaban J connectivity index is 2.16. The Morgan fingerprint density at radius 2 is 2.00 bits per heavy atom. The molecule has 20 heavy (non-hydrogen) atoms. The zero-order valence-corrected chi connectivity index (χ0v) is 12.2. The van der Waals surface area contributed by atoms with Crippen molar-refractivity contribution in [1.82, 2.24) is 0 Å². The van der Waals surface area contributed by atoms with Gasteiger partial charge in [-0.2, -0.15) is 0 Å². The van der Waals surface area contributed by atoms with Crippen molar-refractivity contribution in [3.05, 3.63) is 24.3 Å². The van der Waals surface area contributed by atoms with E-state index in [0.717, 1.165) is 12.8 Å². The van der Waals surface area contributed by atoms with E-state index in [1.807, 2.05) is 0 Å². The van der Waals surface area contributed by atoms with Crippen LogP contribution in [-0.2, 0) is 14.6 Å². The number of nitrogens with one attached hydrogen (secondary N) is 1. The van der Waals surface area contributed by atoms with Crippen molar-refractivity contribution in [2.24, 2.45) is 5.92 Å². The average molecular weight is 297 g/mol. The fourth-order valence-electron chi connectivity index (χ4n) is 2.67. The third-order valence-electron chi connectivity index (χ3n) is 3.67. The lowest BCUT2D eigenvalue weighted by Gasteiger charge is -2.28. The van der Waals surface area contributed by atoms with Gasteiger partial charge in [0.1, 0.15) is 0 Å². The monoisotopic (exact) mass is 297 g/mol. The summed E-state index contributed by atoms with van der Waals surface area (Å²) < 4.78 is 23.5. The van der Waals surface area contributed by atoms with Gasteiger partial charge < -0.3 is 10.4 Å². The molecule has 2 N–H and O–H groups in total. The number of carboxylic acids is 1. The number of carboxylic acid groups (broad SMARTS) is 1. The summed E-state index contributed by atoms with van der Waals surface area (Å²) in [5.74, 6) is -1.11. The van der Waals surface area contributed by atoms with E-state index in [-0.39, 0.29) is 16.9 Å². The summed E-state index contributed by atoms with van der Waals surface area (Å²) in [5.41, 5.74) is 0.561. The number of para-hydroxylation sites is 1. The summed E-state index contributed by atoms with van der Waals surface area (Å²) in [7, 11) is -3.29. The molecule has 5 nitrogen and oxygen atoms in total. The minimum absolute atomic E-state index is 0.00718.